The third-order valence-electron chi connectivity index (χ3n) is 2.40. The molecule has 0 aliphatic heterocycles. The highest BCUT2D eigenvalue weighted by molar-refractivity contribution is 5.90. The van der Waals surface area contributed by atoms with E-state index >= 15 is 0 Å². The summed E-state index contributed by atoms with van der Waals surface area (Å²) >= 11 is 0. The molecule has 0 aromatic carbocycles. The second kappa shape index (κ2) is 6.23. The van der Waals surface area contributed by atoms with Crippen molar-refractivity contribution in [2.24, 2.45) is 5.16 Å². The van der Waals surface area contributed by atoms with Gasteiger partial charge in [-0.15, -0.1) is 0 Å². The quantitative estimate of drug-likeness (QED) is 0.409. The predicted molar refractivity (Wildman–Crippen MR) is 56.8 cm³/mol. The van der Waals surface area contributed by atoms with E-state index < -0.39 is 0 Å². The Morgan fingerprint density at radius 1 is 1.60 bits per heavy atom. The number of hydrogen-bond donors (Lipinski definition) is 4. The zero-order chi connectivity index (χ0) is 11.1. The second-order valence-corrected chi connectivity index (χ2v) is 3.52. The lowest BCUT2D eigenvalue weighted by Gasteiger charge is -2.24. The number of carbonyl (C=O) groups is 1. The summed E-state index contributed by atoms with van der Waals surface area (Å²) in [5, 5.41) is 14.6. The molecule has 0 bridgehead atoms. The lowest BCUT2D eigenvalue weighted by atomic mass is 9.94. The van der Waals surface area contributed by atoms with Crippen LogP contribution >= 0.6 is 0 Å². The van der Waals surface area contributed by atoms with Gasteiger partial charge >= 0.3 is 6.03 Å². The molecule has 6 nitrogen and oxygen atoms in total. The highest BCUT2D eigenvalue weighted by Crippen LogP contribution is 2.15. The van der Waals surface area contributed by atoms with Gasteiger partial charge in [0.15, 0.2) is 0 Å². The summed E-state index contributed by atoms with van der Waals surface area (Å²) in [5.74, 6) is 0. The van der Waals surface area contributed by atoms with Crippen molar-refractivity contribution in [3.05, 3.63) is 0 Å². The third-order valence-corrected chi connectivity index (χ3v) is 2.40. The number of hydrogen-bond acceptors (Lipinski definition) is 4. The molecule has 1 aliphatic rings. The molecule has 6 heteroatoms. The molecule has 1 rings (SSSR count). The monoisotopic (exact) mass is 214 g/mol. The van der Waals surface area contributed by atoms with Crippen molar-refractivity contribution in [1.82, 2.24) is 16.2 Å². The van der Waals surface area contributed by atoms with Gasteiger partial charge in [0, 0.05) is 6.54 Å². The summed E-state index contributed by atoms with van der Waals surface area (Å²) in [5.41, 5.74) is 6.09. The van der Waals surface area contributed by atoms with Crippen LogP contribution < -0.4 is 16.2 Å². The van der Waals surface area contributed by atoms with Crippen molar-refractivity contribution in [2.45, 2.75) is 38.6 Å². The van der Waals surface area contributed by atoms with Crippen LogP contribution in [0.2, 0.25) is 0 Å². The van der Waals surface area contributed by atoms with E-state index in [1.165, 1.54) is 0 Å². The van der Waals surface area contributed by atoms with Crippen molar-refractivity contribution in [2.75, 3.05) is 6.54 Å². The van der Waals surface area contributed by atoms with Crippen LogP contribution in [-0.4, -0.2) is 29.5 Å². The predicted octanol–water partition coefficient (Wildman–Crippen LogP) is 0.583. The third kappa shape index (κ3) is 3.75. The number of urea groups is 1. The number of carbonyl (C=O) groups excluding carboxylic acids is 1. The highest BCUT2D eigenvalue weighted by atomic mass is 16.4. The molecule has 1 saturated carbocycles. The Morgan fingerprint density at radius 2 is 2.40 bits per heavy atom. The number of oxime groups is 1. The van der Waals surface area contributed by atoms with Crippen LogP contribution in [0.1, 0.15) is 32.6 Å². The van der Waals surface area contributed by atoms with Gasteiger partial charge in [0.2, 0.25) is 0 Å². The Labute approximate surface area is 89.1 Å². The Balaban J connectivity index is 2.32. The van der Waals surface area contributed by atoms with Crippen molar-refractivity contribution >= 4 is 11.7 Å². The van der Waals surface area contributed by atoms with E-state index in [-0.39, 0.29) is 12.1 Å². The molecule has 86 valence electrons. The van der Waals surface area contributed by atoms with Gasteiger partial charge in [-0.05, 0) is 26.2 Å². The first kappa shape index (κ1) is 11.8. The van der Waals surface area contributed by atoms with E-state index in [1.807, 2.05) is 6.92 Å². The molecule has 1 unspecified atom stereocenters. The maximum atomic E-state index is 11.1. The van der Waals surface area contributed by atoms with E-state index in [0.717, 1.165) is 25.7 Å². The van der Waals surface area contributed by atoms with Crippen LogP contribution in [0.3, 0.4) is 0 Å². The Kier molecular flexibility index (Phi) is 4.89. The van der Waals surface area contributed by atoms with E-state index in [1.54, 1.807) is 0 Å². The van der Waals surface area contributed by atoms with E-state index in [4.69, 9.17) is 5.21 Å². The molecule has 0 spiro atoms. The maximum absolute atomic E-state index is 11.1. The van der Waals surface area contributed by atoms with Gasteiger partial charge in [-0.1, -0.05) is 11.6 Å². The molecule has 1 aliphatic carbocycles. The SMILES string of the molecule is CCNC(=O)NNC1CCCC/C1=N\O. The Hall–Kier alpha value is -1.30. The number of rotatable bonds is 3. The minimum absolute atomic E-state index is 0.0497. The molecule has 0 aromatic rings. The first-order valence-electron chi connectivity index (χ1n) is 5.28. The average Bonchev–Trinajstić information content (AvgIpc) is 2.27. The molecule has 0 aromatic heterocycles. The summed E-state index contributed by atoms with van der Waals surface area (Å²) in [4.78, 5) is 11.1. The number of nitrogens with one attached hydrogen (secondary N) is 3. The lowest BCUT2D eigenvalue weighted by molar-refractivity contribution is 0.234. The molecule has 2 amide bonds. The molecule has 4 N–H and O–H groups in total. The van der Waals surface area contributed by atoms with Crippen LogP contribution in [0.25, 0.3) is 0 Å². The van der Waals surface area contributed by atoms with E-state index in [0.29, 0.717) is 12.3 Å². The number of hydrazine groups is 1. The summed E-state index contributed by atoms with van der Waals surface area (Å²) < 4.78 is 0. The largest absolute Gasteiger partial charge is 0.411 e. The van der Waals surface area contributed by atoms with Gasteiger partial charge in [-0.2, -0.15) is 0 Å². The molecule has 0 saturated heterocycles. The zero-order valence-corrected chi connectivity index (χ0v) is 8.92. The smallest absolute Gasteiger partial charge is 0.329 e. The zero-order valence-electron chi connectivity index (χ0n) is 8.92. The van der Waals surface area contributed by atoms with E-state index in [2.05, 4.69) is 21.3 Å². The highest BCUT2D eigenvalue weighted by Gasteiger charge is 2.20. The van der Waals surface area contributed by atoms with Crippen LogP contribution in [0.5, 0.6) is 0 Å². The number of nitrogens with zero attached hydrogens (tertiary/aromatic N) is 1. The van der Waals surface area contributed by atoms with Crippen LogP contribution in [0.4, 0.5) is 4.79 Å². The normalized spacial score (nSPS) is 23.8. The molecule has 1 fully saturated rings. The minimum atomic E-state index is -0.264. The first-order chi connectivity index (χ1) is 7.27. The molecule has 1 atom stereocenters. The van der Waals surface area contributed by atoms with Gasteiger partial charge in [-0.25, -0.2) is 10.2 Å². The minimum Gasteiger partial charge on any atom is -0.411 e. The maximum Gasteiger partial charge on any atom is 0.329 e. The fourth-order valence-corrected chi connectivity index (χ4v) is 1.63. The second-order valence-electron chi connectivity index (χ2n) is 3.52. The lowest BCUT2D eigenvalue weighted by Crippen LogP contribution is -2.52. The molecular formula is C9H18N4O2. The first-order valence-corrected chi connectivity index (χ1v) is 5.28. The summed E-state index contributed by atoms with van der Waals surface area (Å²) in [6.07, 6.45) is 3.78. The van der Waals surface area contributed by atoms with Crippen LogP contribution in [0.15, 0.2) is 5.16 Å². The van der Waals surface area contributed by atoms with Crippen molar-refractivity contribution in [1.29, 1.82) is 0 Å². The van der Waals surface area contributed by atoms with E-state index in [9.17, 15) is 4.79 Å². The Morgan fingerprint density at radius 3 is 3.07 bits per heavy atom. The van der Waals surface area contributed by atoms with Gasteiger partial charge in [0.25, 0.3) is 0 Å². The molecule has 15 heavy (non-hydrogen) atoms. The standard InChI is InChI=1S/C9H18N4O2/c1-2-10-9(14)12-11-7-5-3-4-6-8(7)13-15/h7,11,15H,2-6H2,1H3,(H2,10,12,14)/b13-8+. The van der Waals surface area contributed by atoms with Gasteiger partial charge in [-0.3, -0.25) is 5.43 Å². The van der Waals surface area contributed by atoms with Crippen molar-refractivity contribution in [3.8, 4) is 0 Å². The fraction of sp³-hybridized carbons (Fsp3) is 0.778. The van der Waals surface area contributed by atoms with Gasteiger partial charge in [0.05, 0.1) is 11.8 Å². The van der Waals surface area contributed by atoms with Crippen LogP contribution in [-0.2, 0) is 0 Å². The van der Waals surface area contributed by atoms with Gasteiger partial charge < -0.3 is 10.5 Å². The molecule has 0 radical (unpaired) electrons. The molecule has 0 heterocycles. The van der Waals surface area contributed by atoms with Crippen molar-refractivity contribution in [3.63, 3.8) is 0 Å². The molecular weight excluding hydrogens is 196 g/mol. The fourth-order valence-electron chi connectivity index (χ4n) is 1.63. The average molecular weight is 214 g/mol. The summed E-state index contributed by atoms with van der Waals surface area (Å²) in [6.45, 7) is 2.43. The Bertz CT molecular complexity index is 242. The topological polar surface area (TPSA) is 85.8 Å². The number of amides is 2. The van der Waals surface area contributed by atoms with Crippen molar-refractivity contribution < 1.29 is 10.0 Å². The summed E-state index contributed by atoms with van der Waals surface area (Å²) in [7, 11) is 0. The van der Waals surface area contributed by atoms with Gasteiger partial charge in [0.1, 0.15) is 0 Å². The summed E-state index contributed by atoms with van der Waals surface area (Å²) in [6, 6.07) is -0.313. The van der Waals surface area contributed by atoms with Crippen LogP contribution in [0, 0.1) is 0 Å².